The van der Waals surface area contributed by atoms with Crippen LogP contribution in [-0.2, 0) is 4.74 Å². The van der Waals surface area contributed by atoms with Gasteiger partial charge in [-0.1, -0.05) is 0 Å². The number of anilines is 1. The van der Waals surface area contributed by atoms with Crippen LogP contribution in [0, 0.1) is 6.92 Å². The second-order valence-corrected chi connectivity index (χ2v) is 4.66. The Hall–Kier alpha value is -1.62. The van der Waals surface area contributed by atoms with Crippen LogP contribution in [0.25, 0.3) is 11.0 Å². The normalized spacial score (nSPS) is 24.6. The molecular weight excluding hydrogens is 216 g/mol. The average molecular weight is 232 g/mol. The van der Waals surface area contributed by atoms with Gasteiger partial charge in [-0.3, -0.25) is 0 Å². The van der Waals surface area contributed by atoms with Crippen molar-refractivity contribution in [3.63, 3.8) is 0 Å². The smallest absolute Gasteiger partial charge is 0.147 e. The third-order valence-electron chi connectivity index (χ3n) is 3.35. The molecule has 17 heavy (non-hydrogen) atoms. The molecule has 1 saturated heterocycles. The van der Waals surface area contributed by atoms with Crippen LogP contribution >= 0.6 is 0 Å². The van der Waals surface area contributed by atoms with E-state index >= 15 is 0 Å². The fourth-order valence-electron chi connectivity index (χ4n) is 2.50. The molecule has 0 saturated carbocycles. The first-order valence-corrected chi connectivity index (χ1v) is 5.90. The number of fused-ring (bicyclic) bond motifs is 1. The molecule has 1 fully saturated rings. The fourth-order valence-corrected chi connectivity index (χ4v) is 2.50. The lowest BCUT2D eigenvalue weighted by Gasteiger charge is -2.13. The van der Waals surface area contributed by atoms with Crippen molar-refractivity contribution in [1.82, 2.24) is 14.5 Å². The highest BCUT2D eigenvalue weighted by molar-refractivity contribution is 5.89. The quantitative estimate of drug-likeness (QED) is 0.816. The summed E-state index contributed by atoms with van der Waals surface area (Å²) in [7, 11) is 0. The van der Waals surface area contributed by atoms with Crippen LogP contribution in [0.4, 0.5) is 5.82 Å². The summed E-state index contributed by atoms with van der Waals surface area (Å²) in [5, 5.41) is 0.940. The molecule has 0 spiro atoms. The third-order valence-corrected chi connectivity index (χ3v) is 3.35. The van der Waals surface area contributed by atoms with Crippen molar-refractivity contribution in [3.8, 4) is 0 Å². The molecule has 2 atom stereocenters. The maximum atomic E-state index is 5.89. The molecule has 2 aromatic rings. The van der Waals surface area contributed by atoms with Crippen molar-refractivity contribution in [2.75, 3.05) is 5.73 Å². The Morgan fingerprint density at radius 1 is 1.41 bits per heavy atom. The molecule has 5 nitrogen and oxygen atoms in total. The first kappa shape index (κ1) is 10.5. The molecule has 5 heteroatoms. The number of aromatic nitrogens is 3. The highest BCUT2D eigenvalue weighted by Gasteiger charge is 2.25. The van der Waals surface area contributed by atoms with Crippen LogP contribution < -0.4 is 5.73 Å². The highest BCUT2D eigenvalue weighted by Crippen LogP contribution is 2.33. The minimum Gasteiger partial charge on any atom is -0.383 e. The van der Waals surface area contributed by atoms with E-state index in [2.05, 4.69) is 27.7 Å². The number of nitrogens with zero attached hydrogens (tertiary/aromatic N) is 3. The number of hydrogen-bond donors (Lipinski definition) is 1. The standard InChI is InChI=1S/C12H16N4O/c1-7-5-16(9-4-3-8(2)17-9)12-10(7)11(13)14-6-15-12/h5-6,8-9H,3-4H2,1-2H3,(H2,13,14,15). The molecule has 0 aromatic carbocycles. The monoisotopic (exact) mass is 232 g/mol. The van der Waals surface area contributed by atoms with Gasteiger partial charge in [-0.15, -0.1) is 0 Å². The van der Waals surface area contributed by atoms with Gasteiger partial charge in [-0.2, -0.15) is 0 Å². The minimum absolute atomic E-state index is 0.0792. The topological polar surface area (TPSA) is 66.0 Å². The van der Waals surface area contributed by atoms with Gasteiger partial charge >= 0.3 is 0 Å². The molecule has 0 bridgehead atoms. The van der Waals surface area contributed by atoms with E-state index in [9.17, 15) is 0 Å². The predicted molar refractivity (Wildman–Crippen MR) is 65.5 cm³/mol. The van der Waals surface area contributed by atoms with Crippen LogP contribution in [0.2, 0.25) is 0 Å². The van der Waals surface area contributed by atoms with E-state index in [1.807, 2.05) is 6.92 Å². The lowest BCUT2D eigenvalue weighted by atomic mass is 10.2. The maximum absolute atomic E-state index is 5.89. The van der Waals surface area contributed by atoms with Gasteiger partial charge in [0, 0.05) is 6.20 Å². The molecule has 2 N–H and O–H groups in total. The van der Waals surface area contributed by atoms with Crippen molar-refractivity contribution in [2.24, 2.45) is 0 Å². The van der Waals surface area contributed by atoms with E-state index in [1.54, 1.807) is 0 Å². The largest absolute Gasteiger partial charge is 0.383 e. The molecule has 3 rings (SSSR count). The summed E-state index contributed by atoms with van der Waals surface area (Å²) in [6.07, 6.45) is 6.07. The van der Waals surface area contributed by atoms with E-state index in [4.69, 9.17) is 10.5 Å². The summed E-state index contributed by atoms with van der Waals surface area (Å²) in [4.78, 5) is 8.36. The van der Waals surface area contributed by atoms with Gasteiger partial charge in [0.2, 0.25) is 0 Å². The molecular formula is C12H16N4O. The van der Waals surface area contributed by atoms with Crippen LogP contribution in [0.15, 0.2) is 12.5 Å². The summed E-state index contributed by atoms with van der Waals surface area (Å²) in [6, 6.07) is 0. The molecule has 2 unspecified atom stereocenters. The van der Waals surface area contributed by atoms with E-state index < -0.39 is 0 Å². The third kappa shape index (κ3) is 1.58. The summed E-state index contributed by atoms with van der Waals surface area (Å²) in [5.41, 5.74) is 7.86. The first-order chi connectivity index (χ1) is 8.16. The van der Waals surface area contributed by atoms with Gasteiger partial charge in [0.1, 0.15) is 24.0 Å². The van der Waals surface area contributed by atoms with Crippen molar-refractivity contribution in [1.29, 1.82) is 0 Å². The Balaban J connectivity index is 2.14. The highest BCUT2D eigenvalue weighted by atomic mass is 16.5. The molecule has 0 aliphatic carbocycles. The number of nitrogens with two attached hydrogens (primary N) is 1. The molecule has 1 aliphatic heterocycles. The van der Waals surface area contributed by atoms with Gasteiger partial charge in [0.25, 0.3) is 0 Å². The fraction of sp³-hybridized carbons (Fsp3) is 0.500. The zero-order valence-corrected chi connectivity index (χ0v) is 10.1. The second-order valence-electron chi connectivity index (χ2n) is 4.66. The van der Waals surface area contributed by atoms with E-state index in [-0.39, 0.29) is 6.23 Å². The van der Waals surface area contributed by atoms with E-state index in [1.165, 1.54) is 6.33 Å². The van der Waals surface area contributed by atoms with Crippen LogP contribution in [-0.4, -0.2) is 20.6 Å². The summed E-state index contributed by atoms with van der Waals surface area (Å²) in [6.45, 7) is 4.12. The zero-order valence-electron chi connectivity index (χ0n) is 10.1. The molecule has 3 heterocycles. The van der Waals surface area contributed by atoms with Gasteiger partial charge in [-0.25, -0.2) is 9.97 Å². The van der Waals surface area contributed by atoms with Crippen molar-refractivity contribution >= 4 is 16.9 Å². The Labute approximate surface area is 99.6 Å². The molecule has 0 radical (unpaired) electrons. The number of ether oxygens (including phenoxy) is 1. The van der Waals surface area contributed by atoms with Crippen molar-refractivity contribution in [2.45, 2.75) is 39.0 Å². The summed E-state index contributed by atoms with van der Waals surface area (Å²) >= 11 is 0. The average Bonchev–Trinajstić information content (AvgIpc) is 2.84. The lowest BCUT2D eigenvalue weighted by molar-refractivity contribution is 0.0134. The molecule has 0 amide bonds. The second kappa shape index (κ2) is 3.70. The first-order valence-electron chi connectivity index (χ1n) is 5.90. The van der Waals surface area contributed by atoms with Gasteiger partial charge in [0.15, 0.2) is 0 Å². The zero-order chi connectivity index (χ0) is 12.0. The van der Waals surface area contributed by atoms with Crippen molar-refractivity contribution < 1.29 is 4.74 Å². The van der Waals surface area contributed by atoms with Crippen LogP contribution in [0.1, 0.15) is 31.6 Å². The van der Waals surface area contributed by atoms with Gasteiger partial charge in [-0.05, 0) is 32.3 Å². The number of hydrogen-bond acceptors (Lipinski definition) is 4. The molecule has 2 aromatic heterocycles. The van der Waals surface area contributed by atoms with Crippen molar-refractivity contribution in [3.05, 3.63) is 18.1 Å². The molecule has 90 valence electrons. The van der Waals surface area contributed by atoms with Crippen LogP contribution in [0.3, 0.4) is 0 Å². The van der Waals surface area contributed by atoms with Crippen LogP contribution in [0.5, 0.6) is 0 Å². The Kier molecular flexibility index (Phi) is 2.29. The SMILES string of the molecule is Cc1cn(C2CCC(C)O2)c2ncnc(N)c12. The van der Waals surface area contributed by atoms with E-state index in [0.29, 0.717) is 11.9 Å². The Bertz CT molecular complexity index is 563. The number of rotatable bonds is 1. The number of nitrogen functional groups attached to an aromatic ring is 1. The molecule has 1 aliphatic rings. The van der Waals surface area contributed by atoms with E-state index in [0.717, 1.165) is 29.4 Å². The summed E-state index contributed by atoms with van der Waals surface area (Å²) in [5.74, 6) is 0.539. The predicted octanol–water partition coefficient (Wildman–Crippen LogP) is 2.02. The van der Waals surface area contributed by atoms with Gasteiger partial charge in [0.05, 0.1) is 11.5 Å². The Morgan fingerprint density at radius 3 is 2.94 bits per heavy atom. The summed E-state index contributed by atoms with van der Waals surface area (Å²) < 4.78 is 7.95. The minimum atomic E-state index is 0.0792. The number of aryl methyl sites for hydroxylation is 1. The van der Waals surface area contributed by atoms with Gasteiger partial charge < -0.3 is 15.0 Å². The Morgan fingerprint density at radius 2 is 2.24 bits per heavy atom. The lowest BCUT2D eigenvalue weighted by Crippen LogP contribution is -2.09. The maximum Gasteiger partial charge on any atom is 0.147 e.